The first-order chi connectivity index (χ1) is 22.4. The number of hydrogen-bond acceptors (Lipinski definition) is 7. The number of carbonyl (C=O) groups excluding carboxylic acids is 4. The summed E-state index contributed by atoms with van der Waals surface area (Å²) in [7, 11) is 0. The Bertz CT molecular complexity index is 1740. The average molecular weight is 622 g/mol. The summed E-state index contributed by atoms with van der Waals surface area (Å²) in [5.74, 6) is -3.72. The van der Waals surface area contributed by atoms with Gasteiger partial charge in [0.1, 0.15) is 23.7 Å². The number of nitrogens with one attached hydrogen (secondary N) is 1. The summed E-state index contributed by atoms with van der Waals surface area (Å²) in [6.45, 7) is -0.237. The number of esters is 1. The minimum absolute atomic E-state index is 0.0592. The Morgan fingerprint density at radius 2 is 1.70 bits per heavy atom. The monoisotopic (exact) mass is 621 g/mol. The van der Waals surface area contributed by atoms with Gasteiger partial charge in [-0.25, -0.2) is 0 Å². The van der Waals surface area contributed by atoms with Crippen LogP contribution in [0.5, 0.6) is 0 Å². The third kappa shape index (κ3) is 5.07. The van der Waals surface area contributed by atoms with Gasteiger partial charge in [-0.15, -0.1) is 0 Å². The van der Waals surface area contributed by atoms with Gasteiger partial charge in [0.2, 0.25) is 11.8 Å². The van der Waals surface area contributed by atoms with Crippen molar-refractivity contribution in [2.45, 2.75) is 36.7 Å². The molecule has 4 heterocycles. The topological polar surface area (TPSA) is 125 Å². The zero-order chi connectivity index (χ0) is 31.8. The van der Waals surface area contributed by atoms with Crippen molar-refractivity contribution in [3.8, 4) is 0 Å². The second-order valence-corrected chi connectivity index (χ2v) is 12.1. The van der Waals surface area contributed by atoms with Crippen molar-refractivity contribution in [3.63, 3.8) is 0 Å². The highest BCUT2D eigenvalue weighted by molar-refractivity contribution is 6.06. The van der Waals surface area contributed by atoms with Crippen molar-refractivity contribution < 1.29 is 33.8 Å². The van der Waals surface area contributed by atoms with Gasteiger partial charge in [-0.2, -0.15) is 0 Å². The summed E-state index contributed by atoms with van der Waals surface area (Å²) >= 11 is 0. The molecule has 2 saturated heterocycles. The van der Waals surface area contributed by atoms with Crippen LogP contribution in [0.4, 0.5) is 5.69 Å². The molecule has 7 rings (SSSR count). The maximum Gasteiger partial charge on any atom is 0.313 e. The molecule has 4 aliphatic rings. The third-order valence-corrected chi connectivity index (χ3v) is 9.44. The number of β-amino-alcohol motifs (C(OH)–C–C–N with tert-alkyl or cyclic N) is 1. The average Bonchev–Trinajstić information content (AvgIpc) is 3.72. The molecular weight excluding hydrogens is 586 g/mol. The fourth-order valence-corrected chi connectivity index (χ4v) is 7.30. The number of hydrogen-bond donors (Lipinski definition) is 2. The Hall–Kier alpha value is -4.80. The predicted molar refractivity (Wildman–Crippen MR) is 169 cm³/mol. The molecular formula is C36H35N3O7. The summed E-state index contributed by atoms with van der Waals surface area (Å²) in [5.41, 5.74) is -0.0959. The van der Waals surface area contributed by atoms with Gasteiger partial charge in [0, 0.05) is 25.2 Å². The Morgan fingerprint density at radius 3 is 2.50 bits per heavy atom. The van der Waals surface area contributed by atoms with Crippen LogP contribution in [0.15, 0.2) is 97.1 Å². The Balaban J connectivity index is 1.31. The lowest BCUT2D eigenvalue weighted by Gasteiger charge is -2.35. The van der Waals surface area contributed by atoms with Crippen LogP contribution in [0, 0.1) is 11.8 Å². The van der Waals surface area contributed by atoms with Crippen molar-refractivity contribution >= 4 is 40.2 Å². The molecule has 4 aliphatic heterocycles. The standard InChI is InChI=1S/C36H35N3O7/c40-20-19-39-32-34(43)38(26-15-14-23-9-6-7-12-25(23)21-26)18-8-2-5-13-29(41)37-22-28(24-10-3-1-4-11-24)45-35(44)30-27-16-17-36(32,46-27)31(30)33(39)42/h1-4,6-12,14-17,21,27-28,30-32,40H,5,13,18-20,22H2,(H,37,41)/b8-2-/t27-,28-,30+,31+,32-,36+/m0/s1. The van der Waals surface area contributed by atoms with Crippen LogP contribution in [-0.2, 0) is 28.7 Å². The van der Waals surface area contributed by atoms with Crippen LogP contribution in [0.3, 0.4) is 0 Å². The summed E-state index contributed by atoms with van der Waals surface area (Å²) in [6, 6.07) is 21.5. The second kappa shape index (κ2) is 12.2. The summed E-state index contributed by atoms with van der Waals surface area (Å²) in [6.07, 6.45) is 6.24. The lowest BCUT2D eigenvalue weighted by molar-refractivity contribution is -0.159. The van der Waals surface area contributed by atoms with Crippen LogP contribution in [0.2, 0.25) is 0 Å². The first kappa shape index (κ1) is 29.9. The van der Waals surface area contributed by atoms with Gasteiger partial charge in [-0.3, -0.25) is 19.2 Å². The fourth-order valence-electron chi connectivity index (χ4n) is 7.30. The van der Waals surface area contributed by atoms with E-state index in [4.69, 9.17) is 9.47 Å². The van der Waals surface area contributed by atoms with E-state index < -0.39 is 53.5 Å². The zero-order valence-electron chi connectivity index (χ0n) is 25.2. The van der Waals surface area contributed by atoms with E-state index >= 15 is 0 Å². The number of rotatable bonds is 4. The maximum absolute atomic E-state index is 14.8. The number of aliphatic hydroxyl groups is 1. The van der Waals surface area contributed by atoms with Crippen molar-refractivity contribution in [2.75, 3.05) is 31.1 Å². The minimum Gasteiger partial charge on any atom is -0.455 e. The molecule has 2 N–H and O–H groups in total. The zero-order valence-corrected chi connectivity index (χ0v) is 25.2. The first-order valence-corrected chi connectivity index (χ1v) is 15.7. The van der Waals surface area contributed by atoms with Crippen molar-refractivity contribution in [2.24, 2.45) is 11.8 Å². The van der Waals surface area contributed by atoms with Crippen molar-refractivity contribution in [1.82, 2.24) is 10.2 Å². The van der Waals surface area contributed by atoms with Crippen LogP contribution in [0.1, 0.15) is 24.5 Å². The number of nitrogens with zero attached hydrogens (tertiary/aromatic N) is 2. The molecule has 0 aromatic heterocycles. The van der Waals surface area contributed by atoms with Gasteiger partial charge in [0.25, 0.3) is 5.91 Å². The number of aliphatic hydroxyl groups excluding tert-OH is 1. The number of ether oxygens (including phenoxy) is 2. The molecule has 1 spiro atoms. The van der Waals surface area contributed by atoms with Crippen LogP contribution in [-0.4, -0.2) is 77.7 Å². The molecule has 0 unspecified atom stereocenters. The van der Waals surface area contributed by atoms with E-state index in [0.29, 0.717) is 17.7 Å². The Labute approximate surface area is 266 Å². The summed E-state index contributed by atoms with van der Waals surface area (Å²) in [5, 5.41) is 14.9. The maximum atomic E-state index is 14.8. The van der Waals surface area contributed by atoms with E-state index in [1.54, 1.807) is 17.1 Å². The van der Waals surface area contributed by atoms with Gasteiger partial charge in [0.05, 0.1) is 25.2 Å². The molecule has 0 saturated carbocycles. The van der Waals surface area contributed by atoms with Gasteiger partial charge < -0.3 is 29.7 Å². The van der Waals surface area contributed by atoms with Gasteiger partial charge in [0.15, 0.2) is 0 Å². The number of carbonyl (C=O) groups is 4. The molecule has 6 atom stereocenters. The van der Waals surface area contributed by atoms with Crippen molar-refractivity contribution in [3.05, 3.63) is 103 Å². The lowest BCUT2D eigenvalue weighted by Crippen LogP contribution is -2.56. The fraction of sp³-hybridized carbons (Fsp3) is 0.333. The molecule has 3 aromatic carbocycles. The summed E-state index contributed by atoms with van der Waals surface area (Å²) in [4.78, 5) is 58.7. The normalized spacial score (nSPS) is 30.4. The van der Waals surface area contributed by atoms with E-state index in [9.17, 15) is 24.3 Å². The molecule has 10 nitrogen and oxygen atoms in total. The van der Waals surface area contributed by atoms with Crippen LogP contribution >= 0.6 is 0 Å². The number of anilines is 1. The Kier molecular flexibility index (Phi) is 7.92. The number of cyclic esters (lactones) is 1. The van der Waals surface area contributed by atoms with E-state index in [1.807, 2.05) is 84.9 Å². The summed E-state index contributed by atoms with van der Waals surface area (Å²) < 4.78 is 12.5. The Morgan fingerprint density at radius 1 is 0.913 bits per heavy atom. The molecule has 46 heavy (non-hydrogen) atoms. The number of fused-ring (bicyclic) bond motifs is 3. The highest BCUT2D eigenvalue weighted by atomic mass is 16.6. The molecule has 3 amide bonds. The van der Waals surface area contributed by atoms with Gasteiger partial charge in [-0.1, -0.05) is 85.0 Å². The number of likely N-dealkylation sites (tertiary alicyclic amines) is 1. The molecule has 5 bridgehead atoms. The number of benzene rings is 3. The van der Waals surface area contributed by atoms with Gasteiger partial charge >= 0.3 is 5.97 Å². The predicted octanol–water partition coefficient (Wildman–Crippen LogP) is 3.07. The highest BCUT2D eigenvalue weighted by Crippen LogP contribution is 2.56. The SMILES string of the molecule is O=C1CC/C=C\CN(c2ccc3ccccc3c2)C(=O)[C@@H]2N(CCO)C(=O)[C@H]3[C@H](C(=O)O[C@H](c4ccccc4)CN1)[C@@H]1C=C[C@]23O1. The first-order valence-electron chi connectivity index (χ1n) is 15.7. The molecule has 0 radical (unpaired) electrons. The van der Waals surface area contributed by atoms with E-state index in [-0.39, 0.29) is 38.6 Å². The minimum atomic E-state index is -1.42. The van der Waals surface area contributed by atoms with E-state index in [0.717, 1.165) is 10.8 Å². The number of amides is 3. The highest BCUT2D eigenvalue weighted by Gasteiger charge is 2.73. The largest absolute Gasteiger partial charge is 0.455 e. The molecule has 2 fully saturated rings. The van der Waals surface area contributed by atoms with Crippen molar-refractivity contribution in [1.29, 1.82) is 0 Å². The molecule has 3 aromatic rings. The molecule has 10 heteroatoms. The van der Waals surface area contributed by atoms with E-state index in [2.05, 4.69) is 5.32 Å². The third-order valence-electron chi connectivity index (χ3n) is 9.44. The van der Waals surface area contributed by atoms with E-state index in [1.165, 1.54) is 4.90 Å². The van der Waals surface area contributed by atoms with Gasteiger partial charge in [-0.05, 0) is 34.9 Å². The number of allylic oxidation sites excluding steroid dienone is 1. The molecule has 0 aliphatic carbocycles. The smallest absolute Gasteiger partial charge is 0.313 e. The quantitative estimate of drug-likeness (QED) is 0.339. The second-order valence-electron chi connectivity index (χ2n) is 12.1. The molecule has 236 valence electrons. The lowest BCUT2D eigenvalue weighted by atomic mass is 9.74. The van der Waals surface area contributed by atoms with Crippen LogP contribution in [0.25, 0.3) is 10.8 Å². The van der Waals surface area contributed by atoms with Crippen LogP contribution < -0.4 is 10.2 Å².